The molecule has 0 unspecified atom stereocenters. The molecule has 0 atom stereocenters. The summed E-state index contributed by atoms with van der Waals surface area (Å²) in [5.74, 6) is -1.40. The summed E-state index contributed by atoms with van der Waals surface area (Å²) in [6, 6.07) is 0. The Balaban J connectivity index is 0. The van der Waals surface area contributed by atoms with Crippen molar-refractivity contribution in [3.05, 3.63) is 0 Å². The van der Waals surface area contributed by atoms with E-state index in [0.717, 1.165) is 19.3 Å². The van der Waals surface area contributed by atoms with Crippen molar-refractivity contribution in [1.82, 2.24) is 4.72 Å². The van der Waals surface area contributed by atoms with Gasteiger partial charge < -0.3 is 9.90 Å². The fourth-order valence-electron chi connectivity index (χ4n) is 2.90. The minimum Gasteiger partial charge on any atom is -0.549 e. The molecule has 0 aromatic heterocycles. The van der Waals surface area contributed by atoms with E-state index in [1.807, 2.05) is 4.72 Å². The van der Waals surface area contributed by atoms with Gasteiger partial charge in [0.15, 0.2) is 0 Å². The molecule has 0 heterocycles. The zero-order chi connectivity index (χ0) is 18.8. The molecule has 1 N–H and O–H groups in total. The van der Waals surface area contributed by atoms with Crippen LogP contribution in [0, 0.1) is 0 Å². The quantitative estimate of drug-likeness (QED) is 0.254. The predicted octanol–water partition coefficient (Wildman–Crippen LogP) is 0.531. The van der Waals surface area contributed by atoms with Gasteiger partial charge in [-0.25, -0.2) is 13.1 Å². The molecule has 0 saturated heterocycles. The molecule has 0 aromatic carbocycles. The van der Waals surface area contributed by atoms with Gasteiger partial charge in [0.25, 0.3) is 0 Å². The van der Waals surface area contributed by atoms with E-state index in [0.29, 0.717) is 6.42 Å². The van der Waals surface area contributed by atoms with E-state index in [-0.39, 0.29) is 35.3 Å². The number of aliphatic carboxylic acids is 1. The number of carbonyl (C=O) groups is 1. The van der Waals surface area contributed by atoms with Crippen molar-refractivity contribution in [2.75, 3.05) is 12.3 Å². The SMILES string of the molecule is CCCCCCCCCCCCCCCCCS(=O)(=O)NCC(=O)[O-].[Na+]. The summed E-state index contributed by atoms with van der Waals surface area (Å²) in [7, 11) is -3.47. The Morgan fingerprint density at radius 3 is 1.42 bits per heavy atom. The van der Waals surface area contributed by atoms with Gasteiger partial charge in [-0.05, 0) is 6.42 Å². The number of hydrogen-bond acceptors (Lipinski definition) is 4. The average Bonchev–Trinajstić information content (AvgIpc) is 2.56. The first-order valence-corrected chi connectivity index (χ1v) is 11.8. The fourth-order valence-corrected chi connectivity index (χ4v) is 3.97. The van der Waals surface area contributed by atoms with E-state index in [1.54, 1.807) is 0 Å². The molecular weight excluding hydrogens is 361 g/mol. The normalized spacial score (nSPS) is 11.3. The Labute approximate surface area is 183 Å². The summed E-state index contributed by atoms with van der Waals surface area (Å²) in [6.07, 6.45) is 18.4. The van der Waals surface area contributed by atoms with E-state index in [2.05, 4.69) is 6.92 Å². The molecule has 0 aliphatic rings. The van der Waals surface area contributed by atoms with Gasteiger partial charge in [-0.1, -0.05) is 96.8 Å². The van der Waals surface area contributed by atoms with Gasteiger partial charge in [0.2, 0.25) is 10.0 Å². The first-order chi connectivity index (χ1) is 12.0. The number of nitrogens with one attached hydrogen (secondary N) is 1. The molecule has 0 fully saturated rings. The largest absolute Gasteiger partial charge is 1.00 e. The Hall–Kier alpha value is 0.380. The molecule has 150 valence electrons. The van der Waals surface area contributed by atoms with E-state index in [4.69, 9.17) is 0 Å². The second-order valence-corrected chi connectivity index (χ2v) is 8.89. The second kappa shape index (κ2) is 20.1. The molecule has 26 heavy (non-hydrogen) atoms. The standard InChI is InChI=1S/C19H39NO4S.Na/c1-2-3-4-5-6-7-8-9-10-11-12-13-14-15-16-17-25(23,24)20-18-19(21)22;/h20H,2-18H2,1H3,(H,21,22);/q;+1/p-1. The molecule has 0 bridgehead atoms. The predicted molar refractivity (Wildman–Crippen MR) is 102 cm³/mol. The van der Waals surface area contributed by atoms with Crippen LogP contribution in [0.15, 0.2) is 0 Å². The zero-order valence-electron chi connectivity index (χ0n) is 17.1. The molecule has 5 nitrogen and oxygen atoms in total. The number of sulfonamides is 1. The first-order valence-electron chi connectivity index (χ1n) is 10.1. The average molecular weight is 400 g/mol. The molecule has 0 aromatic rings. The van der Waals surface area contributed by atoms with Gasteiger partial charge in [0, 0.05) is 0 Å². The van der Waals surface area contributed by atoms with Crippen LogP contribution < -0.4 is 39.4 Å². The van der Waals surface area contributed by atoms with Crippen LogP contribution >= 0.6 is 0 Å². The first kappa shape index (κ1) is 28.6. The minimum atomic E-state index is -3.47. The fraction of sp³-hybridized carbons (Fsp3) is 0.947. The van der Waals surface area contributed by atoms with Gasteiger partial charge in [-0.3, -0.25) is 0 Å². The van der Waals surface area contributed by atoms with Crippen molar-refractivity contribution in [2.45, 2.75) is 103 Å². The van der Waals surface area contributed by atoms with Crippen LogP contribution in [0.4, 0.5) is 0 Å². The second-order valence-electron chi connectivity index (χ2n) is 6.96. The monoisotopic (exact) mass is 399 g/mol. The maximum atomic E-state index is 11.5. The third kappa shape index (κ3) is 22.4. The number of rotatable bonds is 19. The molecule has 0 amide bonds. The van der Waals surface area contributed by atoms with Gasteiger partial charge in [0.1, 0.15) is 0 Å². The summed E-state index contributed by atoms with van der Waals surface area (Å²) in [5.41, 5.74) is 0. The van der Waals surface area contributed by atoms with Crippen LogP contribution in [0.2, 0.25) is 0 Å². The Morgan fingerprint density at radius 1 is 0.731 bits per heavy atom. The van der Waals surface area contributed by atoms with Gasteiger partial charge in [0.05, 0.1) is 18.3 Å². The third-order valence-electron chi connectivity index (χ3n) is 4.45. The van der Waals surface area contributed by atoms with Crippen molar-refractivity contribution in [3.8, 4) is 0 Å². The van der Waals surface area contributed by atoms with Crippen LogP contribution in [0.1, 0.15) is 103 Å². The van der Waals surface area contributed by atoms with Gasteiger partial charge >= 0.3 is 29.6 Å². The maximum absolute atomic E-state index is 11.5. The summed E-state index contributed by atoms with van der Waals surface area (Å²) < 4.78 is 25.0. The van der Waals surface area contributed by atoms with Crippen LogP contribution in [0.5, 0.6) is 0 Å². The van der Waals surface area contributed by atoms with Crippen LogP contribution in [-0.2, 0) is 14.8 Å². The number of carboxylic acids is 1. The number of unbranched alkanes of at least 4 members (excludes halogenated alkanes) is 14. The van der Waals surface area contributed by atoms with E-state index >= 15 is 0 Å². The van der Waals surface area contributed by atoms with E-state index < -0.39 is 22.5 Å². The Bertz CT molecular complexity index is 416. The molecular formula is C19H38NNaO4S. The summed E-state index contributed by atoms with van der Waals surface area (Å²) >= 11 is 0. The van der Waals surface area contributed by atoms with Crippen molar-refractivity contribution in [1.29, 1.82) is 0 Å². The van der Waals surface area contributed by atoms with Crippen LogP contribution in [-0.4, -0.2) is 26.7 Å². The van der Waals surface area contributed by atoms with Crippen molar-refractivity contribution >= 4 is 16.0 Å². The van der Waals surface area contributed by atoms with E-state index in [9.17, 15) is 18.3 Å². The molecule has 0 spiro atoms. The topological polar surface area (TPSA) is 86.3 Å². The third-order valence-corrected chi connectivity index (χ3v) is 5.86. The number of carbonyl (C=O) groups excluding carboxylic acids is 1. The summed E-state index contributed by atoms with van der Waals surface area (Å²) in [6.45, 7) is 1.61. The van der Waals surface area contributed by atoms with Crippen molar-refractivity contribution in [2.24, 2.45) is 0 Å². The Morgan fingerprint density at radius 2 is 1.08 bits per heavy atom. The zero-order valence-corrected chi connectivity index (χ0v) is 19.9. The van der Waals surface area contributed by atoms with Crippen molar-refractivity contribution < 1.29 is 47.9 Å². The molecule has 7 heteroatoms. The van der Waals surface area contributed by atoms with Crippen LogP contribution in [0.3, 0.4) is 0 Å². The molecule has 0 saturated carbocycles. The Kier molecular flexibility index (Phi) is 22.1. The minimum absolute atomic E-state index is 0. The van der Waals surface area contributed by atoms with E-state index in [1.165, 1.54) is 70.6 Å². The van der Waals surface area contributed by atoms with Gasteiger partial charge in [-0.2, -0.15) is 0 Å². The maximum Gasteiger partial charge on any atom is 1.00 e. The van der Waals surface area contributed by atoms with Crippen LogP contribution in [0.25, 0.3) is 0 Å². The van der Waals surface area contributed by atoms with Crippen molar-refractivity contribution in [3.63, 3.8) is 0 Å². The smallest absolute Gasteiger partial charge is 0.549 e. The molecule has 0 rings (SSSR count). The molecule has 0 aliphatic heterocycles. The molecule has 0 aliphatic carbocycles. The number of hydrogen-bond donors (Lipinski definition) is 1. The molecule has 0 radical (unpaired) electrons. The number of carboxylic acid groups (broad SMARTS) is 1. The summed E-state index contributed by atoms with van der Waals surface area (Å²) in [4.78, 5) is 10.2. The van der Waals surface area contributed by atoms with Gasteiger partial charge in [-0.15, -0.1) is 0 Å². The summed E-state index contributed by atoms with van der Waals surface area (Å²) in [5, 5.41) is 10.2.